The first-order valence-electron chi connectivity index (χ1n) is 7.90. The van der Waals surface area contributed by atoms with Gasteiger partial charge in [-0.2, -0.15) is 0 Å². The van der Waals surface area contributed by atoms with Crippen LogP contribution in [0, 0.1) is 5.82 Å². The van der Waals surface area contributed by atoms with Gasteiger partial charge < -0.3 is 19.7 Å². The molecule has 2 aliphatic rings. The first kappa shape index (κ1) is 16.2. The molecule has 23 heavy (non-hydrogen) atoms. The van der Waals surface area contributed by atoms with Crippen LogP contribution in [0.1, 0.15) is 32.4 Å². The number of hydrogen-bond donors (Lipinski definition) is 1. The fourth-order valence-electron chi connectivity index (χ4n) is 3.16. The van der Waals surface area contributed by atoms with Gasteiger partial charge in [0.15, 0.2) is 0 Å². The molecule has 0 aliphatic carbocycles. The number of likely N-dealkylation sites (tertiary alicyclic amines) is 1. The summed E-state index contributed by atoms with van der Waals surface area (Å²) in [7, 11) is 0. The van der Waals surface area contributed by atoms with Gasteiger partial charge in [-0.15, -0.1) is 0 Å². The highest BCUT2D eigenvalue weighted by atomic mass is 19.1. The zero-order valence-corrected chi connectivity index (χ0v) is 13.8. The monoisotopic (exact) mass is 322 g/mol. The van der Waals surface area contributed by atoms with Gasteiger partial charge in [-0.25, -0.2) is 9.18 Å². The van der Waals surface area contributed by atoms with E-state index in [0.29, 0.717) is 31.8 Å². The molecule has 1 aromatic carbocycles. The third kappa shape index (κ3) is 3.19. The Balaban J connectivity index is 1.74. The largest absolute Gasteiger partial charge is 0.444 e. The lowest BCUT2D eigenvalue weighted by atomic mass is 9.80. The average Bonchev–Trinajstić information content (AvgIpc) is 2.43. The molecule has 1 unspecified atom stereocenters. The summed E-state index contributed by atoms with van der Waals surface area (Å²) in [5, 5.41) is 3.33. The molecule has 2 aliphatic heterocycles. The number of rotatable bonds is 1. The minimum Gasteiger partial charge on any atom is -0.444 e. The Labute approximate surface area is 135 Å². The van der Waals surface area contributed by atoms with E-state index in [2.05, 4.69) is 5.32 Å². The summed E-state index contributed by atoms with van der Waals surface area (Å²) in [6.45, 7) is 7.51. The second-order valence-electron chi connectivity index (χ2n) is 7.16. The van der Waals surface area contributed by atoms with E-state index in [1.54, 1.807) is 17.0 Å². The molecular formula is C17H23FN2O3. The van der Waals surface area contributed by atoms with Gasteiger partial charge in [0.25, 0.3) is 0 Å². The van der Waals surface area contributed by atoms with Gasteiger partial charge in [0.05, 0.1) is 25.7 Å². The number of nitrogens with one attached hydrogen (secondary N) is 1. The van der Waals surface area contributed by atoms with Gasteiger partial charge in [0, 0.05) is 12.1 Å². The van der Waals surface area contributed by atoms with Crippen LogP contribution in [-0.2, 0) is 9.47 Å². The second kappa shape index (κ2) is 5.76. The van der Waals surface area contributed by atoms with Crippen molar-refractivity contribution in [1.82, 2.24) is 10.2 Å². The molecule has 1 aromatic rings. The molecule has 6 heteroatoms. The number of halogens is 1. The van der Waals surface area contributed by atoms with Crippen LogP contribution in [0.5, 0.6) is 0 Å². The molecule has 2 heterocycles. The number of carbonyl (C=O) groups is 1. The second-order valence-corrected chi connectivity index (χ2v) is 7.16. The highest BCUT2D eigenvalue weighted by Crippen LogP contribution is 2.40. The van der Waals surface area contributed by atoms with Crippen molar-refractivity contribution in [2.24, 2.45) is 0 Å². The molecule has 1 atom stereocenters. The van der Waals surface area contributed by atoms with Crippen LogP contribution < -0.4 is 5.32 Å². The van der Waals surface area contributed by atoms with Crippen LogP contribution in [0.15, 0.2) is 24.3 Å². The van der Waals surface area contributed by atoms with Crippen molar-refractivity contribution < 1.29 is 18.7 Å². The first-order valence-corrected chi connectivity index (χ1v) is 7.90. The topological polar surface area (TPSA) is 50.8 Å². The fourth-order valence-corrected chi connectivity index (χ4v) is 3.16. The smallest absolute Gasteiger partial charge is 0.410 e. The summed E-state index contributed by atoms with van der Waals surface area (Å²) in [4.78, 5) is 13.7. The van der Waals surface area contributed by atoms with Crippen LogP contribution in [0.3, 0.4) is 0 Å². The molecule has 0 aromatic heterocycles. The van der Waals surface area contributed by atoms with E-state index in [0.717, 1.165) is 0 Å². The zero-order valence-electron chi connectivity index (χ0n) is 13.8. The van der Waals surface area contributed by atoms with E-state index in [1.165, 1.54) is 6.07 Å². The van der Waals surface area contributed by atoms with E-state index in [1.807, 2.05) is 26.8 Å². The molecule has 0 saturated carbocycles. The van der Waals surface area contributed by atoms with Crippen molar-refractivity contribution >= 4 is 6.09 Å². The maximum absolute atomic E-state index is 14.2. The maximum Gasteiger partial charge on any atom is 0.410 e. The van der Waals surface area contributed by atoms with Crippen molar-refractivity contribution in [3.05, 3.63) is 35.6 Å². The third-order valence-electron chi connectivity index (χ3n) is 4.15. The van der Waals surface area contributed by atoms with Gasteiger partial charge in [-0.1, -0.05) is 18.2 Å². The molecular weight excluding hydrogens is 299 g/mol. The van der Waals surface area contributed by atoms with Gasteiger partial charge in [0.2, 0.25) is 0 Å². The number of carbonyl (C=O) groups excluding carboxylic acids is 1. The summed E-state index contributed by atoms with van der Waals surface area (Å²) in [6, 6.07) is 6.43. The predicted octanol–water partition coefficient (Wildman–Crippen LogP) is 2.48. The molecule has 1 N–H and O–H groups in total. The summed E-state index contributed by atoms with van der Waals surface area (Å²) >= 11 is 0. The standard InChI is InChI=1S/C17H23FN2O3/c1-16(2,3)23-15(21)20-10-17(11-20)14(19-8-9-22-17)12-6-4-5-7-13(12)18/h4-7,14,19H,8-11H2,1-3H3. The van der Waals surface area contributed by atoms with Gasteiger partial charge in [0.1, 0.15) is 17.0 Å². The highest BCUT2D eigenvalue weighted by Gasteiger charge is 2.55. The number of ether oxygens (including phenoxy) is 2. The Bertz CT molecular complexity index is 594. The van der Waals surface area contributed by atoms with Crippen molar-refractivity contribution in [3.63, 3.8) is 0 Å². The quantitative estimate of drug-likeness (QED) is 0.863. The van der Waals surface area contributed by atoms with Crippen LogP contribution in [0.4, 0.5) is 9.18 Å². The van der Waals surface area contributed by atoms with E-state index < -0.39 is 11.2 Å². The number of hydrogen-bond acceptors (Lipinski definition) is 4. The maximum atomic E-state index is 14.2. The van der Waals surface area contributed by atoms with Crippen LogP contribution >= 0.6 is 0 Å². The Morgan fingerprint density at radius 2 is 2.09 bits per heavy atom. The van der Waals surface area contributed by atoms with E-state index in [-0.39, 0.29) is 18.0 Å². The zero-order chi connectivity index (χ0) is 16.7. The SMILES string of the molecule is CC(C)(C)OC(=O)N1CC2(C1)OCCNC2c1ccccc1F. The van der Waals surface area contributed by atoms with Crippen molar-refractivity contribution in [2.75, 3.05) is 26.2 Å². The number of benzene rings is 1. The number of nitrogens with zero attached hydrogens (tertiary/aromatic N) is 1. The van der Waals surface area contributed by atoms with Crippen molar-refractivity contribution in [3.8, 4) is 0 Å². The Morgan fingerprint density at radius 1 is 1.39 bits per heavy atom. The summed E-state index contributed by atoms with van der Waals surface area (Å²) in [6.07, 6.45) is -0.357. The number of amides is 1. The molecule has 0 bridgehead atoms. The molecule has 2 saturated heterocycles. The molecule has 0 radical (unpaired) electrons. The van der Waals surface area contributed by atoms with Crippen LogP contribution in [0.2, 0.25) is 0 Å². The summed E-state index contributed by atoms with van der Waals surface area (Å²) < 4.78 is 25.5. The van der Waals surface area contributed by atoms with Gasteiger partial charge >= 0.3 is 6.09 Å². The highest BCUT2D eigenvalue weighted by molar-refractivity contribution is 5.70. The predicted molar refractivity (Wildman–Crippen MR) is 83.6 cm³/mol. The fraction of sp³-hybridized carbons (Fsp3) is 0.588. The van der Waals surface area contributed by atoms with E-state index in [9.17, 15) is 9.18 Å². The van der Waals surface area contributed by atoms with Crippen molar-refractivity contribution in [1.29, 1.82) is 0 Å². The first-order chi connectivity index (χ1) is 10.8. The van der Waals surface area contributed by atoms with Crippen LogP contribution in [0.25, 0.3) is 0 Å². The summed E-state index contributed by atoms with van der Waals surface area (Å²) in [5.74, 6) is -0.259. The minimum absolute atomic E-state index is 0.259. The lowest BCUT2D eigenvalue weighted by Crippen LogP contribution is -2.72. The Morgan fingerprint density at radius 3 is 2.74 bits per heavy atom. The molecule has 5 nitrogen and oxygen atoms in total. The number of morpholine rings is 1. The van der Waals surface area contributed by atoms with Crippen molar-refractivity contribution in [2.45, 2.75) is 38.0 Å². The van der Waals surface area contributed by atoms with Gasteiger partial charge in [-0.05, 0) is 26.8 Å². The Hall–Kier alpha value is -1.66. The normalized spacial score (nSPS) is 23.5. The lowest BCUT2D eigenvalue weighted by molar-refractivity contribution is -0.176. The van der Waals surface area contributed by atoms with E-state index >= 15 is 0 Å². The van der Waals surface area contributed by atoms with Gasteiger partial charge in [-0.3, -0.25) is 0 Å². The average molecular weight is 322 g/mol. The summed E-state index contributed by atoms with van der Waals surface area (Å²) in [5.41, 5.74) is -0.538. The van der Waals surface area contributed by atoms with Crippen LogP contribution in [-0.4, -0.2) is 48.4 Å². The Kier molecular flexibility index (Phi) is 4.06. The molecule has 3 rings (SSSR count). The molecule has 1 amide bonds. The molecule has 126 valence electrons. The molecule has 2 fully saturated rings. The molecule has 1 spiro atoms. The minimum atomic E-state index is -0.586. The lowest BCUT2D eigenvalue weighted by Gasteiger charge is -2.55. The third-order valence-corrected chi connectivity index (χ3v) is 4.15. The van der Waals surface area contributed by atoms with E-state index in [4.69, 9.17) is 9.47 Å².